The molecular formula is C26H27F9N4O8. The van der Waals surface area contributed by atoms with Gasteiger partial charge in [-0.15, -0.1) is 0 Å². The predicted octanol–water partition coefficient (Wildman–Crippen LogP) is 3.48. The Bertz CT molecular complexity index is 1270. The Morgan fingerprint density at radius 1 is 0.894 bits per heavy atom. The van der Waals surface area contributed by atoms with E-state index in [0.717, 1.165) is 25.3 Å². The van der Waals surface area contributed by atoms with Gasteiger partial charge in [-0.25, -0.2) is 14.4 Å². The molecule has 2 saturated heterocycles. The molecule has 2 fully saturated rings. The minimum Gasteiger partial charge on any atom is -0.475 e. The lowest BCUT2D eigenvalue weighted by atomic mass is 9.79. The lowest BCUT2D eigenvalue weighted by Crippen LogP contribution is -2.47. The van der Waals surface area contributed by atoms with Gasteiger partial charge in [0.05, 0.1) is 30.9 Å². The van der Waals surface area contributed by atoms with E-state index in [9.17, 15) is 44.3 Å². The molecule has 0 bridgehead atoms. The number of nitrogens with zero attached hydrogens (tertiary/aromatic N) is 4. The second kappa shape index (κ2) is 16.9. The fourth-order valence-electron chi connectivity index (χ4n) is 4.20. The van der Waals surface area contributed by atoms with E-state index in [-0.39, 0.29) is 11.8 Å². The van der Waals surface area contributed by atoms with Crippen LogP contribution in [0.1, 0.15) is 11.3 Å². The zero-order valence-corrected chi connectivity index (χ0v) is 24.0. The molecule has 2 aliphatic rings. The zero-order valence-electron chi connectivity index (χ0n) is 24.0. The van der Waals surface area contributed by atoms with E-state index in [4.69, 9.17) is 34.4 Å². The molecule has 0 aromatic carbocycles. The van der Waals surface area contributed by atoms with Crippen molar-refractivity contribution in [1.29, 1.82) is 0 Å². The van der Waals surface area contributed by atoms with Gasteiger partial charge in [0, 0.05) is 51.2 Å². The Hall–Kier alpha value is -4.53. The van der Waals surface area contributed by atoms with Crippen molar-refractivity contribution in [2.45, 2.75) is 31.6 Å². The quantitative estimate of drug-likeness (QED) is 0.392. The lowest BCUT2D eigenvalue weighted by molar-refractivity contribution is -0.193. The van der Waals surface area contributed by atoms with Crippen LogP contribution in [-0.2, 0) is 37.0 Å². The number of carbonyl (C=O) groups is 4. The molecule has 2 aliphatic heterocycles. The van der Waals surface area contributed by atoms with Gasteiger partial charge in [0.1, 0.15) is 0 Å². The Morgan fingerprint density at radius 2 is 1.43 bits per heavy atom. The first-order valence-electron chi connectivity index (χ1n) is 12.8. The van der Waals surface area contributed by atoms with E-state index in [1.807, 2.05) is 37.5 Å². The summed E-state index contributed by atoms with van der Waals surface area (Å²) in [6, 6.07) is 9.83. The summed E-state index contributed by atoms with van der Waals surface area (Å²) in [6.07, 6.45) is -9.81. The second-order valence-corrected chi connectivity index (χ2v) is 9.79. The smallest absolute Gasteiger partial charge is 0.475 e. The number of amides is 1. The normalized spacial score (nSPS) is 19.0. The van der Waals surface area contributed by atoms with E-state index in [2.05, 4.69) is 20.9 Å². The molecule has 0 aliphatic carbocycles. The van der Waals surface area contributed by atoms with E-state index in [0.29, 0.717) is 19.8 Å². The summed E-state index contributed by atoms with van der Waals surface area (Å²) in [4.78, 5) is 52.7. The van der Waals surface area contributed by atoms with E-state index >= 15 is 0 Å². The van der Waals surface area contributed by atoms with Gasteiger partial charge in [0.25, 0.3) is 0 Å². The highest BCUT2D eigenvalue weighted by molar-refractivity contribution is 5.84. The molecule has 47 heavy (non-hydrogen) atoms. The number of aromatic nitrogens is 2. The van der Waals surface area contributed by atoms with Gasteiger partial charge in [0.2, 0.25) is 5.91 Å². The van der Waals surface area contributed by atoms with Crippen molar-refractivity contribution in [3.63, 3.8) is 0 Å². The highest BCUT2D eigenvalue weighted by Gasteiger charge is 2.56. The summed E-state index contributed by atoms with van der Waals surface area (Å²) in [5.41, 5.74) is 1.64. The summed E-state index contributed by atoms with van der Waals surface area (Å²) in [7, 11) is 1.87. The summed E-state index contributed by atoms with van der Waals surface area (Å²) in [5.74, 6) is -7.86. The molecule has 2 aromatic heterocycles. The molecule has 0 saturated carbocycles. The number of carboxylic acid groups (broad SMARTS) is 3. The number of alkyl halides is 9. The first kappa shape index (κ1) is 40.5. The van der Waals surface area contributed by atoms with Crippen LogP contribution in [0.2, 0.25) is 0 Å². The van der Waals surface area contributed by atoms with Crippen molar-refractivity contribution in [3.8, 4) is 0 Å². The summed E-state index contributed by atoms with van der Waals surface area (Å²) in [5, 5.41) is 21.4. The molecular weight excluding hydrogens is 667 g/mol. The Morgan fingerprint density at radius 3 is 1.85 bits per heavy atom. The van der Waals surface area contributed by atoms with Crippen LogP contribution >= 0.6 is 0 Å². The largest absolute Gasteiger partial charge is 0.490 e. The zero-order chi connectivity index (χ0) is 36.2. The molecule has 4 rings (SSSR count). The standard InChI is InChI=1S/C20H24N4O2.3C2HF3O2/c1-23(12-18-6-2-3-8-22-18)19(25)20-14-24(11-17(20)13-26-15-20)10-16-5-4-7-21-9-16;3*3-2(4,5)1(6)7/h2-9,17H,10-15H2,1H3;3*(H,6,7)/t17-,20-;;;/m1.../s1. The van der Waals surface area contributed by atoms with E-state index < -0.39 is 41.9 Å². The van der Waals surface area contributed by atoms with Gasteiger partial charge in [-0.1, -0.05) is 12.1 Å². The van der Waals surface area contributed by atoms with Gasteiger partial charge < -0.3 is 25.0 Å². The van der Waals surface area contributed by atoms with Crippen LogP contribution < -0.4 is 0 Å². The van der Waals surface area contributed by atoms with E-state index in [1.54, 1.807) is 17.3 Å². The average Bonchev–Trinajstić information content (AvgIpc) is 3.51. The Balaban J connectivity index is 0.000000430. The molecule has 21 heteroatoms. The third-order valence-corrected chi connectivity index (χ3v) is 6.20. The van der Waals surface area contributed by atoms with Crippen LogP contribution in [0.4, 0.5) is 39.5 Å². The van der Waals surface area contributed by atoms with Crippen molar-refractivity contribution in [1.82, 2.24) is 19.8 Å². The van der Waals surface area contributed by atoms with Gasteiger partial charge in [-0.05, 0) is 23.8 Å². The topological polar surface area (TPSA) is 170 Å². The molecule has 2 atom stereocenters. The first-order chi connectivity index (χ1) is 21.5. The lowest BCUT2D eigenvalue weighted by Gasteiger charge is -2.31. The maximum Gasteiger partial charge on any atom is 0.490 e. The molecule has 0 spiro atoms. The minimum absolute atomic E-state index is 0.166. The average molecular weight is 695 g/mol. The number of aliphatic carboxylic acids is 3. The molecule has 1 amide bonds. The van der Waals surface area contributed by atoms with E-state index in [1.165, 1.54) is 5.56 Å². The van der Waals surface area contributed by atoms with Crippen LogP contribution in [-0.4, -0.2) is 111 Å². The fraction of sp³-hybridized carbons (Fsp3) is 0.462. The number of carboxylic acids is 3. The monoisotopic (exact) mass is 694 g/mol. The molecule has 2 aromatic rings. The van der Waals surface area contributed by atoms with Crippen molar-refractivity contribution in [2.75, 3.05) is 33.4 Å². The van der Waals surface area contributed by atoms with Gasteiger partial charge in [0.15, 0.2) is 0 Å². The van der Waals surface area contributed by atoms with Gasteiger partial charge in [-0.3, -0.25) is 19.7 Å². The van der Waals surface area contributed by atoms with Crippen molar-refractivity contribution in [2.24, 2.45) is 11.3 Å². The fourth-order valence-corrected chi connectivity index (χ4v) is 4.20. The Kier molecular flexibility index (Phi) is 14.5. The number of pyridine rings is 2. The molecule has 262 valence electrons. The number of likely N-dealkylation sites (tertiary alicyclic amines) is 1. The molecule has 0 unspecified atom stereocenters. The maximum absolute atomic E-state index is 13.3. The predicted molar refractivity (Wildman–Crippen MR) is 138 cm³/mol. The summed E-state index contributed by atoms with van der Waals surface area (Å²) < 4.78 is 101. The molecule has 0 radical (unpaired) electrons. The van der Waals surface area contributed by atoms with Crippen LogP contribution in [0, 0.1) is 11.3 Å². The van der Waals surface area contributed by atoms with Crippen molar-refractivity contribution < 1.29 is 78.7 Å². The molecule has 12 nitrogen and oxygen atoms in total. The highest BCUT2D eigenvalue weighted by Crippen LogP contribution is 2.43. The number of hydrogen-bond donors (Lipinski definition) is 3. The van der Waals surface area contributed by atoms with Gasteiger partial charge in [-0.2, -0.15) is 39.5 Å². The molecule has 3 N–H and O–H groups in total. The van der Waals surface area contributed by atoms with Crippen LogP contribution in [0.15, 0.2) is 48.9 Å². The second-order valence-electron chi connectivity index (χ2n) is 9.79. The first-order valence-corrected chi connectivity index (χ1v) is 12.8. The van der Waals surface area contributed by atoms with Gasteiger partial charge >= 0.3 is 36.4 Å². The van der Waals surface area contributed by atoms with Crippen LogP contribution in [0.3, 0.4) is 0 Å². The third-order valence-electron chi connectivity index (χ3n) is 6.20. The van der Waals surface area contributed by atoms with Crippen molar-refractivity contribution >= 4 is 23.8 Å². The van der Waals surface area contributed by atoms with Crippen molar-refractivity contribution in [3.05, 3.63) is 60.2 Å². The molecule has 4 heterocycles. The SMILES string of the molecule is CN(Cc1ccccn1)C(=O)[C@]12COC[C@H]1CN(Cc1cccnc1)C2.O=C(O)C(F)(F)F.O=C(O)C(F)(F)F.O=C(O)C(F)(F)F. The van der Waals surface area contributed by atoms with Crippen LogP contribution in [0.5, 0.6) is 0 Å². The highest BCUT2D eigenvalue weighted by atomic mass is 19.4. The number of carbonyl (C=O) groups excluding carboxylic acids is 1. The minimum atomic E-state index is -5.08. The summed E-state index contributed by atoms with van der Waals surface area (Å²) in [6.45, 7) is 4.13. The number of hydrogen-bond acceptors (Lipinski definition) is 8. The summed E-state index contributed by atoms with van der Waals surface area (Å²) >= 11 is 0. The Labute approximate surface area is 259 Å². The third kappa shape index (κ3) is 13.4. The van der Waals surface area contributed by atoms with Crippen LogP contribution in [0.25, 0.3) is 0 Å². The number of ether oxygens (including phenoxy) is 1. The number of fused-ring (bicyclic) bond motifs is 1. The maximum atomic E-state index is 13.3. The number of halogens is 9. The number of rotatable bonds is 5.